The third kappa shape index (κ3) is 19.2. The van der Waals surface area contributed by atoms with Gasteiger partial charge in [-0.05, 0) is 51.9 Å². The SMILES string of the molecule is NCC[C@@H]1O[C@H](COOCc2ccccc2)[C@@H](O[C@@H]2O[C@H](COOCc3ccccc3)[C@H](OOCc3ccccc3)[C@H](OOCc3ccccc3)[C@H]2OOCc2ccccc2)[C@H](OOCc2ccccc2)[C@H]1OOCc1ccccc1. The molecular formula is C63H69NO17. The van der Waals surface area contributed by atoms with Crippen LogP contribution in [0, 0.1) is 0 Å². The standard InChI is InChI=1S/C63H69NO17/c64-37-36-54-58(77-69-40-49-26-12-3-13-27-49)60(79-71-42-51-30-16-5-17-31-51)57(55(74-54)45-67-65-38-47-22-8-1-9-23-47)76-63-62(81-73-44-53-34-20-7-21-35-53)61(80-72-43-52-32-18-6-19-33-52)59(78-70-41-50-28-14-4-15-29-50)56(75-63)46-68-66-39-48-24-10-2-11-25-48/h1-35,54-63H,36-46,64H2/t54-,55+,56+,57+,58-,59-,60-,61-,62+,63-/m0/s1. The van der Waals surface area contributed by atoms with Crippen molar-refractivity contribution in [3.63, 3.8) is 0 Å². The van der Waals surface area contributed by atoms with Crippen LogP contribution in [0.5, 0.6) is 0 Å². The van der Waals surface area contributed by atoms with E-state index in [0.717, 1.165) is 38.9 Å². The monoisotopic (exact) mass is 1110 g/mol. The molecule has 0 radical (unpaired) electrons. The zero-order valence-corrected chi connectivity index (χ0v) is 44.8. The summed E-state index contributed by atoms with van der Waals surface area (Å²) in [6.07, 6.45) is -11.3. The molecule has 81 heavy (non-hydrogen) atoms. The van der Waals surface area contributed by atoms with Crippen LogP contribution in [-0.4, -0.2) is 81.0 Å². The van der Waals surface area contributed by atoms with Gasteiger partial charge < -0.3 is 19.9 Å². The van der Waals surface area contributed by atoms with Crippen LogP contribution >= 0.6 is 0 Å². The summed E-state index contributed by atoms with van der Waals surface area (Å²) in [6.45, 7) is 0.224. The Hall–Kier alpha value is -6.18. The molecule has 7 aromatic rings. The predicted octanol–water partition coefficient (Wildman–Crippen LogP) is 10.1. The molecule has 0 aliphatic carbocycles. The summed E-state index contributed by atoms with van der Waals surface area (Å²) < 4.78 is 21.1. The Bertz CT molecular complexity index is 2730. The van der Waals surface area contributed by atoms with Crippen molar-refractivity contribution in [2.75, 3.05) is 19.8 Å². The lowest BCUT2D eigenvalue weighted by Gasteiger charge is -2.48. The van der Waals surface area contributed by atoms with Gasteiger partial charge in [0.1, 0.15) is 77.8 Å². The minimum absolute atomic E-state index is 0.00774. The van der Waals surface area contributed by atoms with Gasteiger partial charge in [0.05, 0.1) is 6.10 Å². The highest BCUT2D eigenvalue weighted by molar-refractivity contribution is 5.18. The van der Waals surface area contributed by atoms with E-state index in [4.69, 9.17) is 88.4 Å². The highest BCUT2D eigenvalue weighted by Gasteiger charge is 2.56. The Labute approximate surface area is 471 Å². The number of benzene rings is 7. The van der Waals surface area contributed by atoms with Crippen LogP contribution < -0.4 is 5.73 Å². The van der Waals surface area contributed by atoms with Crippen LogP contribution in [0.15, 0.2) is 212 Å². The molecule has 0 unspecified atom stereocenters. The van der Waals surface area contributed by atoms with Crippen molar-refractivity contribution in [3.05, 3.63) is 251 Å². The molecule has 0 bridgehead atoms. The van der Waals surface area contributed by atoms with E-state index >= 15 is 0 Å². The van der Waals surface area contributed by atoms with Crippen molar-refractivity contribution in [1.29, 1.82) is 0 Å². The minimum Gasteiger partial charge on any atom is -0.367 e. The zero-order valence-electron chi connectivity index (χ0n) is 44.8. The molecule has 2 aliphatic heterocycles. The Morgan fingerprint density at radius 1 is 0.272 bits per heavy atom. The van der Waals surface area contributed by atoms with Crippen molar-refractivity contribution >= 4 is 0 Å². The summed E-state index contributed by atoms with van der Waals surface area (Å²) in [7, 11) is 0. The third-order valence-corrected chi connectivity index (χ3v) is 13.1. The molecule has 0 spiro atoms. The molecule has 9 rings (SSSR count). The van der Waals surface area contributed by atoms with Gasteiger partial charge in [0.2, 0.25) is 0 Å². The number of nitrogens with two attached hydrogens (primary N) is 1. The first-order valence-electron chi connectivity index (χ1n) is 27.0. The highest BCUT2D eigenvalue weighted by atomic mass is 17.3. The Kier molecular flexibility index (Phi) is 24.7. The molecule has 0 saturated carbocycles. The number of hydrogen-bond acceptors (Lipinski definition) is 18. The van der Waals surface area contributed by atoms with Gasteiger partial charge in [-0.15, -0.1) is 0 Å². The Morgan fingerprint density at radius 2 is 0.543 bits per heavy atom. The quantitative estimate of drug-likeness (QED) is 0.0228. The fourth-order valence-corrected chi connectivity index (χ4v) is 8.89. The first kappa shape index (κ1) is 59.4. The summed E-state index contributed by atoms with van der Waals surface area (Å²) in [4.78, 5) is 85.9. The maximum absolute atomic E-state index is 7.25. The molecule has 2 fully saturated rings. The van der Waals surface area contributed by atoms with Crippen LogP contribution in [0.2, 0.25) is 0 Å². The highest BCUT2D eigenvalue weighted by Crippen LogP contribution is 2.37. The summed E-state index contributed by atoms with van der Waals surface area (Å²) in [5.74, 6) is 0. The van der Waals surface area contributed by atoms with Crippen molar-refractivity contribution in [2.45, 2.75) is 114 Å². The maximum Gasteiger partial charge on any atom is 0.190 e. The zero-order chi connectivity index (χ0) is 55.4. The number of rotatable bonds is 34. The van der Waals surface area contributed by atoms with Crippen LogP contribution in [-0.2, 0) is 129 Å². The van der Waals surface area contributed by atoms with Gasteiger partial charge in [-0.25, -0.2) is 68.4 Å². The van der Waals surface area contributed by atoms with E-state index in [9.17, 15) is 0 Å². The number of hydrogen-bond donors (Lipinski definition) is 1. The molecule has 18 nitrogen and oxygen atoms in total. The topological polar surface area (TPSA) is 183 Å². The molecule has 428 valence electrons. The Morgan fingerprint density at radius 3 is 0.877 bits per heavy atom. The van der Waals surface area contributed by atoms with E-state index in [1.54, 1.807) is 0 Å². The normalized spacial score (nSPS) is 22.8. The van der Waals surface area contributed by atoms with E-state index in [0.29, 0.717) is 6.42 Å². The fourth-order valence-electron chi connectivity index (χ4n) is 8.89. The molecule has 2 heterocycles. The van der Waals surface area contributed by atoms with Crippen LogP contribution in [0.3, 0.4) is 0 Å². The third-order valence-electron chi connectivity index (χ3n) is 13.1. The summed E-state index contributed by atoms with van der Waals surface area (Å²) in [6, 6.07) is 66.8. The lowest BCUT2D eigenvalue weighted by molar-refractivity contribution is -0.496. The van der Waals surface area contributed by atoms with Crippen molar-refractivity contribution in [2.24, 2.45) is 5.73 Å². The average Bonchev–Trinajstić information content (AvgIpc) is 3.60. The van der Waals surface area contributed by atoms with Gasteiger partial charge in [-0.1, -0.05) is 212 Å². The molecule has 10 atom stereocenters. The maximum atomic E-state index is 7.25. The van der Waals surface area contributed by atoms with Gasteiger partial charge in [-0.2, -0.15) is 0 Å². The second kappa shape index (κ2) is 33.7. The fraction of sp³-hybridized carbons (Fsp3) is 0.333. The molecular weight excluding hydrogens is 1040 g/mol. The second-order valence-electron chi connectivity index (χ2n) is 19.0. The number of ether oxygens (including phenoxy) is 3. The molecule has 2 aliphatic rings. The van der Waals surface area contributed by atoms with Gasteiger partial charge >= 0.3 is 0 Å². The van der Waals surface area contributed by atoms with Crippen molar-refractivity contribution in [3.8, 4) is 0 Å². The average molecular weight is 1110 g/mol. The molecule has 0 aromatic heterocycles. The summed E-state index contributed by atoms with van der Waals surface area (Å²) in [5.41, 5.74) is 12.2. The molecule has 7 aromatic carbocycles. The van der Waals surface area contributed by atoms with Crippen LogP contribution in [0.4, 0.5) is 0 Å². The minimum atomic E-state index is -1.47. The Balaban J connectivity index is 1.08. The van der Waals surface area contributed by atoms with Gasteiger partial charge in [0.25, 0.3) is 0 Å². The van der Waals surface area contributed by atoms with Gasteiger partial charge in [-0.3, -0.25) is 0 Å². The van der Waals surface area contributed by atoms with E-state index < -0.39 is 61.2 Å². The lowest BCUT2D eigenvalue weighted by Crippen LogP contribution is -2.66. The van der Waals surface area contributed by atoms with E-state index in [1.165, 1.54) is 0 Å². The molecule has 18 heteroatoms. The largest absolute Gasteiger partial charge is 0.367 e. The molecule has 0 amide bonds. The van der Waals surface area contributed by atoms with Crippen molar-refractivity contribution in [1.82, 2.24) is 0 Å². The van der Waals surface area contributed by atoms with E-state index in [2.05, 4.69) is 0 Å². The molecule has 2 N–H and O–H groups in total. The van der Waals surface area contributed by atoms with Gasteiger partial charge in [0, 0.05) is 0 Å². The summed E-state index contributed by atoms with van der Waals surface area (Å²) in [5, 5.41) is 0. The smallest absolute Gasteiger partial charge is 0.190 e. The van der Waals surface area contributed by atoms with Crippen LogP contribution in [0.25, 0.3) is 0 Å². The van der Waals surface area contributed by atoms with Crippen molar-refractivity contribution < 1.29 is 82.6 Å². The van der Waals surface area contributed by atoms with E-state index in [1.807, 2.05) is 212 Å². The van der Waals surface area contributed by atoms with Gasteiger partial charge in [0.15, 0.2) is 36.8 Å². The first-order valence-corrected chi connectivity index (χ1v) is 27.0. The predicted molar refractivity (Wildman–Crippen MR) is 291 cm³/mol. The summed E-state index contributed by atoms with van der Waals surface area (Å²) >= 11 is 0. The van der Waals surface area contributed by atoms with E-state index in [-0.39, 0.29) is 66.0 Å². The lowest BCUT2D eigenvalue weighted by atomic mass is 9.92. The second-order valence-corrected chi connectivity index (χ2v) is 19.0. The molecule has 2 saturated heterocycles. The van der Waals surface area contributed by atoms with Crippen LogP contribution in [0.1, 0.15) is 45.4 Å². The first-order chi connectivity index (χ1) is 40.2.